The molecule has 1 fully saturated rings. The van der Waals surface area contributed by atoms with Gasteiger partial charge in [-0.05, 0) is 19.3 Å². The molecule has 0 amide bonds. The van der Waals surface area contributed by atoms with Gasteiger partial charge in [-0.3, -0.25) is 0 Å². The van der Waals surface area contributed by atoms with Gasteiger partial charge in [0.2, 0.25) is 0 Å². The first-order valence-electron chi connectivity index (χ1n) is 7.13. The Hall–Kier alpha value is -1.32. The molecule has 0 aliphatic heterocycles. The highest BCUT2D eigenvalue weighted by atomic mass is 15.1. The largest absolute Gasteiger partial charge is 0.373 e. The molecule has 18 heavy (non-hydrogen) atoms. The molecule has 0 saturated heterocycles. The third-order valence-electron chi connectivity index (χ3n) is 3.73. The standard InChI is InChI=1S/C14H24N4/c1-3-12-13(15-2)16-10-17-14(12)18-11-8-6-4-5-7-9-11/h10-11H,3-9H2,1-2H3,(H2,15,16,17,18). The molecule has 2 N–H and O–H groups in total. The molecular weight excluding hydrogens is 224 g/mol. The van der Waals surface area contributed by atoms with E-state index in [9.17, 15) is 0 Å². The van der Waals surface area contributed by atoms with Gasteiger partial charge < -0.3 is 10.6 Å². The fraction of sp³-hybridized carbons (Fsp3) is 0.714. The number of rotatable bonds is 4. The van der Waals surface area contributed by atoms with E-state index in [1.165, 1.54) is 44.1 Å². The predicted octanol–water partition coefficient (Wildman–Crippen LogP) is 3.22. The van der Waals surface area contributed by atoms with E-state index in [4.69, 9.17) is 0 Å². The molecular formula is C14H24N4. The first-order valence-corrected chi connectivity index (χ1v) is 7.13. The zero-order valence-corrected chi connectivity index (χ0v) is 11.5. The van der Waals surface area contributed by atoms with E-state index in [2.05, 4.69) is 27.5 Å². The molecule has 4 nitrogen and oxygen atoms in total. The molecule has 1 aromatic heterocycles. The summed E-state index contributed by atoms with van der Waals surface area (Å²) in [6, 6.07) is 0.581. The molecule has 0 spiro atoms. The van der Waals surface area contributed by atoms with Gasteiger partial charge in [0.05, 0.1) is 0 Å². The predicted molar refractivity (Wildman–Crippen MR) is 76.1 cm³/mol. The van der Waals surface area contributed by atoms with Gasteiger partial charge in [0, 0.05) is 18.7 Å². The number of hydrogen-bond acceptors (Lipinski definition) is 4. The summed E-state index contributed by atoms with van der Waals surface area (Å²) in [5, 5.41) is 6.77. The van der Waals surface area contributed by atoms with E-state index in [0.29, 0.717) is 6.04 Å². The van der Waals surface area contributed by atoms with Crippen LogP contribution in [0.1, 0.15) is 51.0 Å². The van der Waals surface area contributed by atoms with E-state index in [0.717, 1.165) is 18.1 Å². The van der Waals surface area contributed by atoms with Crippen LogP contribution in [0, 0.1) is 0 Å². The fourth-order valence-electron chi connectivity index (χ4n) is 2.70. The molecule has 1 saturated carbocycles. The minimum Gasteiger partial charge on any atom is -0.373 e. The van der Waals surface area contributed by atoms with Crippen LogP contribution in [0.3, 0.4) is 0 Å². The van der Waals surface area contributed by atoms with Gasteiger partial charge in [-0.15, -0.1) is 0 Å². The van der Waals surface area contributed by atoms with Crippen molar-refractivity contribution in [2.24, 2.45) is 0 Å². The Morgan fingerprint density at radius 1 is 1.11 bits per heavy atom. The van der Waals surface area contributed by atoms with Gasteiger partial charge in [-0.25, -0.2) is 9.97 Å². The zero-order valence-electron chi connectivity index (χ0n) is 11.5. The van der Waals surface area contributed by atoms with Crippen LogP contribution in [0.2, 0.25) is 0 Å². The van der Waals surface area contributed by atoms with Crippen molar-refractivity contribution in [2.75, 3.05) is 17.7 Å². The summed E-state index contributed by atoms with van der Waals surface area (Å²) < 4.78 is 0. The van der Waals surface area contributed by atoms with Crippen molar-refractivity contribution in [2.45, 2.75) is 57.9 Å². The molecule has 0 bridgehead atoms. The van der Waals surface area contributed by atoms with Crippen LogP contribution >= 0.6 is 0 Å². The average Bonchev–Trinajstić information content (AvgIpc) is 2.67. The molecule has 1 aliphatic rings. The first-order chi connectivity index (χ1) is 8.85. The summed E-state index contributed by atoms with van der Waals surface area (Å²) in [7, 11) is 1.91. The van der Waals surface area contributed by atoms with Gasteiger partial charge in [-0.2, -0.15) is 0 Å². The second-order valence-electron chi connectivity index (χ2n) is 4.99. The van der Waals surface area contributed by atoms with Gasteiger partial charge >= 0.3 is 0 Å². The minimum absolute atomic E-state index is 0.581. The molecule has 1 heterocycles. The van der Waals surface area contributed by atoms with Crippen molar-refractivity contribution >= 4 is 11.6 Å². The Morgan fingerprint density at radius 3 is 2.39 bits per heavy atom. The Bertz CT molecular complexity index is 370. The van der Waals surface area contributed by atoms with Crippen LogP contribution < -0.4 is 10.6 Å². The molecule has 0 radical (unpaired) electrons. The third-order valence-corrected chi connectivity index (χ3v) is 3.73. The molecule has 0 unspecified atom stereocenters. The third kappa shape index (κ3) is 3.12. The Balaban J connectivity index is 2.12. The highest BCUT2D eigenvalue weighted by molar-refractivity contribution is 5.57. The zero-order chi connectivity index (χ0) is 12.8. The Morgan fingerprint density at radius 2 is 1.78 bits per heavy atom. The van der Waals surface area contributed by atoms with E-state index in [1.807, 2.05) is 7.05 Å². The lowest BCUT2D eigenvalue weighted by atomic mass is 10.1. The highest BCUT2D eigenvalue weighted by Crippen LogP contribution is 2.24. The number of nitrogens with one attached hydrogen (secondary N) is 2. The summed E-state index contributed by atoms with van der Waals surface area (Å²) in [6.07, 6.45) is 10.6. The topological polar surface area (TPSA) is 49.8 Å². The van der Waals surface area contributed by atoms with E-state index >= 15 is 0 Å². The summed E-state index contributed by atoms with van der Waals surface area (Å²) in [6.45, 7) is 2.15. The Labute approximate surface area is 110 Å². The maximum absolute atomic E-state index is 4.42. The van der Waals surface area contributed by atoms with Gasteiger partial charge in [0.15, 0.2) is 0 Å². The number of aromatic nitrogens is 2. The molecule has 4 heteroatoms. The number of nitrogens with zero attached hydrogens (tertiary/aromatic N) is 2. The van der Waals surface area contributed by atoms with E-state index in [-0.39, 0.29) is 0 Å². The second kappa shape index (κ2) is 6.57. The van der Waals surface area contributed by atoms with E-state index in [1.54, 1.807) is 6.33 Å². The quantitative estimate of drug-likeness (QED) is 0.803. The van der Waals surface area contributed by atoms with Crippen molar-refractivity contribution in [1.82, 2.24) is 9.97 Å². The Kier molecular flexibility index (Phi) is 4.79. The van der Waals surface area contributed by atoms with Crippen molar-refractivity contribution in [3.05, 3.63) is 11.9 Å². The smallest absolute Gasteiger partial charge is 0.134 e. The number of hydrogen-bond donors (Lipinski definition) is 2. The molecule has 0 aromatic carbocycles. The normalized spacial score (nSPS) is 17.2. The van der Waals surface area contributed by atoms with Gasteiger partial charge in [0.1, 0.15) is 18.0 Å². The van der Waals surface area contributed by atoms with Crippen LogP contribution in [-0.2, 0) is 6.42 Å². The summed E-state index contributed by atoms with van der Waals surface area (Å²) in [5.41, 5.74) is 1.20. The number of anilines is 2. The van der Waals surface area contributed by atoms with Gasteiger partial charge in [0.25, 0.3) is 0 Å². The summed E-state index contributed by atoms with van der Waals surface area (Å²) in [4.78, 5) is 8.70. The summed E-state index contributed by atoms with van der Waals surface area (Å²) >= 11 is 0. The lowest BCUT2D eigenvalue weighted by Gasteiger charge is -2.19. The van der Waals surface area contributed by atoms with Crippen LogP contribution in [0.5, 0.6) is 0 Å². The molecule has 2 rings (SSSR count). The van der Waals surface area contributed by atoms with Crippen LogP contribution in [0.25, 0.3) is 0 Å². The van der Waals surface area contributed by atoms with Crippen molar-refractivity contribution < 1.29 is 0 Å². The van der Waals surface area contributed by atoms with Crippen molar-refractivity contribution in [3.8, 4) is 0 Å². The van der Waals surface area contributed by atoms with Crippen LogP contribution in [-0.4, -0.2) is 23.1 Å². The maximum atomic E-state index is 4.42. The fourth-order valence-corrected chi connectivity index (χ4v) is 2.70. The molecule has 100 valence electrons. The van der Waals surface area contributed by atoms with E-state index < -0.39 is 0 Å². The van der Waals surface area contributed by atoms with Crippen LogP contribution in [0.4, 0.5) is 11.6 Å². The SMILES string of the molecule is CCc1c(NC)ncnc1NC1CCCCCC1. The summed E-state index contributed by atoms with van der Waals surface area (Å²) in [5.74, 6) is 1.97. The second-order valence-corrected chi connectivity index (χ2v) is 4.99. The molecule has 1 aliphatic carbocycles. The molecule has 1 aromatic rings. The van der Waals surface area contributed by atoms with Crippen LogP contribution in [0.15, 0.2) is 6.33 Å². The highest BCUT2D eigenvalue weighted by Gasteiger charge is 2.15. The minimum atomic E-state index is 0.581. The lowest BCUT2D eigenvalue weighted by Crippen LogP contribution is -2.20. The monoisotopic (exact) mass is 248 g/mol. The van der Waals surface area contributed by atoms with Crippen molar-refractivity contribution in [1.29, 1.82) is 0 Å². The first kappa shape index (κ1) is 13.1. The molecule has 0 atom stereocenters. The van der Waals surface area contributed by atoms with Crippen molar-refractivity contribution in [3.63, 3.8) is 0 Å². The van der Waals surface area contributed by atoms with Gasteiger partial charge in [-0.1, -0.05) is 32.6 Å². The maximum Gasteiger partial charge on any atom is 0.134 e. The lowest BCUT2D eigenvalue weighted by molar-refractivity contribution is 0.616. The average molecular weight is 248 g/mol.